The third kappa shape index (κ3) is 5.96. The largest absolute Gasteiger partial charge is 0.416 e. The number of alkyl halides is 3. The smallest absolute Gasteiger partial charge is 0.337 e. The lowest BCUT2D eigenvalue weighted by atomic mass is 10.0. The molecule has 3 heterocycles. The Morgan fingerprint density at radius 2 is 1.88 bits per heavy atom. The summed E-state index contributed by atoms with van der Waals surface area (Å²) in [5.41, 5.74) is 2.41. The van der Waals surface area contributed by atoms with Gasteiger partial charge in [-0.2, -0.15) is 18.0 Å². The van der Waals surface area contributed by atoms with Gasteiger partial charge in [0, 0.05) is 44.5 Å². The number of carbonyl (C=O) groups excluding carboxylic acids is 1. The fourth-order valence-corrected chi connectivity index (χ4v) is 3.94. The number of carbonyl (C=O) groups is 1. The number of tetrazole rings is 1. The number of amides is 1. The number of rotatable bonds is 6. The molecule has 1 amide bonds. The van der Waals surface area contributed by atoms with Crippen LogP contribution in [0.1, 0.15) is 29.4 Å². The first-order valence-corrected chi connectivity index (χ1v) is 11.0. The Morgan fingerprint density at radius 1 is 1.12 bits per heavy atom. The predicted octanol–water partition coefficient (Wildman–Crippen LogP) is 2.61. The fourth-order valence-electron chi connectivity index (χ4n) is 3.94. The molecular formula is C23H26F3N7O. The number of aliphatic imine (C=N–C) groups is 1. The average molecular weight is 474 g/mol. The molecule has 8 nitrogen and oxygen atoms in total. The molecule has 2 aromatic rings. The third-order valence-electron chi connectivity index (χ3n) is 5.75. The van der Waals surface area contributed by atoms with Crippen molar-refractivity contribution in [2.45, 2.75) is 26.6 Å². The van der Waals surface area contributed by atoms with Crippen LogP contribution in [-0.2, 0) is 17.5 Å². The molecule has 0 bridgehead atoms. The SMILES string of the molecule is CC1=CC(CN2CCN(C(=O)/C=C/c3ccc(C(F)(F)F)cc3Cn3nnc(C)n3)CC2)=NC1. The molecule has 1 saturated heterocycles. The molecule has 0 N–H and O–H groups in total. The number of piperazine rings is 1. The zero-order valence-corrected chi connectivity index (χ0v) is 19.1. The summed E-state index contributed by atoms with van der Waals surface area (Å²) >= 11 is 0. The van der Waals surface area contributed by atoms with Gasteiger partial charge in [-0.15, -0.1) is 10.2 Å². The highest BCUT2D eigenvalue weighted by atomic mass is 19.4. The first kappa shape index (κ1) is 23.8. The van der Waals surface area contributed by atoms with Crippen LogP contribution in [-0.4, -0.2) is 80.9 Å². The standard InChI is InChI=1S/C23H26F3N7O/c1-16-11-21(27-13-16)15-31-7-9-32(10-8-31)22(34)6-4-18-3-5-20(23(24,25)26)12-19(18)14-33-29-17(2)28-30-33/h3-6,11-12H,7-10,13-15H2,1-2H3/b6-4+. The zero-order chi connectivity index (χ0) is 24.3. The van der Waals surface area contributed by atoms with E-state index in [-0.39, 0.29) is 12.5 Å². The highest BCUT2D eigenvalue weighted by Gasteiger charge is 2.31. The van der Waals surface area contributed by atoms with Crippen molar-refractivity contribution in [3.63, 3.8) is 0 Å². The number of benzene rings is 1. The minimum atomic E-state index is -4.48. The van der Waals surface area contributed by atoms with Crippen LogP contribution in [0.25, 0.3) is 6.08 Å². The van der Waals surface area contributed by atoms with E-state index < -0.39 is 11.7 Å². The molecule has 1 aromatic heterocycles. The van der Waals surface area contributed by atoms with Gasteiger partial charge in [0.2, 0.25) is 5.91 Å². The summed E-state index contributed by atoms with van der Waals surface area (Å²) in [5, 5.41) is 11.6. The summed E-state index contributed by atoms with van der Waals surface area (Å²) in [4.78, 5) is 22.5. The van der Waals surface area contributed by atoms with Crippen molar-refractivity contribution in [2.24, 2.45) is 4.99 Å². The molecule has 34 heavy (non-hydrogen) atoms. The van der Waals surface area contributed by atoms with Crippen LogP contribution in [0.2, 0.25) is 0 Å². The molecule has 1 aromatic carbocycles. The van der Waals surface area contributed by atoms with E-state index in [1.165, 1.54) is 22.5 Å². The zero-order valence-electron chi connectivity index (χ0n) is 19.1. The highest BCUT2D eigenvalue weighted by Crippen LogP contribution is 2.31. The van der Waals surface area contributed by atoms with Crippen molar-refractivity contribution in [1.29, 1.82) is 0 Å². The van der Waals surface area contributed by atoms with Crippen molar-refractivity contribution >= 4 is 17.7 Å². The van der Waals surface area contributed by atoms with E-state index in [1.54, 1.807) is 17.9 Å². The van der Waals surface area contributed by atoms with Crippen LogP contribution in [0.5, 0.6) is 0 Å². The quantitative estimate of drug-likeness (QED) is 0.603. The van der Waals surface area contributed by atoms with Crippen LogP contribution < -0.4 is 0 Å². The molecule has 180 valence electrons. The van der Waals surface area contributed by atoms with E-state index in [4.69, 9.17) is 0 Å². The van der Waals surface area contributed by atoms with Gasteiger partial charge < -0.3 is 4.90 Å². The van der Waals surface area contributed by atoms with E-state index in [2.05, 4.69) is 38.3 Å². The van der Waals surface area contributed by atoms with Crippen LogP contribution in [0.3, 0.4) is 0 Å². The molecule has 0 spiro atoms. The molecule has 0 unspecified atom stereocenters. The van der Waals surface area contributed by atoms with Gasteiger partial charge >= 0.3 is 6.18 Å². The van der Waals surface area contributed by atoms with Crippen LogP contribution in [0.4, 0.5) is 13.2 Å². The molecule has 0 aliphatic carbocycles. The van der Waals surface area contributed by atoms with Gasteiger partial charge in [-0.3, -0.25) is 14.7 Å². The Morgan fingerprint density at radius 3 is 2.50 bits per heavy atom. The normalized spacial score (nSPS) is 17.4. The second-order valence-corrected chi connectivity index (χ2v) is 8.51. The molecule has 2 aliphatic heterocycles. The Hall–Kier alpha value is -3.34. The summed E-state index contributed by atoms with van der Waals surface area (Å²) in [6.07, 6.45) is 0.596. The van der Waals surface area contributed by atoms with Gasteiger partial charge in [-0.1, -0.05) is 11.6 Å². The lowest BCUT2D eigenvalue weighted by Crippen LogP contribution is -2.49. The van der Waals surface area contributed by atoms with Gasteiger partial charge in [0.25, 0.3) is 0 Å². The van der Waals surface area contributed by atoms with Crippen LogP contribution >= 0.6 is 0 Å². The van der Waals surface area contributed by atoms with Gasteiger partial charge in [-0.25, -0.2) is 0 Å². The van der Waals surface area contributed by atoms with E-state index in [0.29, 0.717) is 30.0 Å². The Bertz CT molecular complexity index is 1140. The van der Waals surface area contributed by atoms with Gasteiger partial charge in [0.15, 0.2) is 5.82 Å². The van der Waals surface area contributed by atoms with Crippen molar-refractivity contribution < 1.29 is 18.0 Å². The monoisotopic (exact) mass is 473 g/mol. The molecule has 0 atom stereocenters. The second kappa shape index (κ2) is 9.88. The molecular weight excluding hydrogens is 447 g/mol. The average Bonchev–Trinajstić information content (AvgIpc) is 3.39. The van der Waals surface area contributed by atoms with E-state index in [0.717, 1.165) is 44.0 Å². The van der Waals surface area contributed by atoms with Gasteiger partial charge in [-0.05, 0) is 54.5 Å². The maximum Gasteiger partial charge on any atom is 0.416 e. The number of hydrogen-bond acceptors (Lipinski definition) is 6. The van der Waals surface area contributed by atoms with Crippen molar-refractivity contribution in [2.75, 3.05) is 39.3 Å². The first-order chi connectivity index (χ1) is 16.2. The third-order valence-corrected chi connectivity index (χ3v) is 5.75. The Labute approximate surface area is 195 Å². The summed E-state index contributed by atoms with van der Waals surface area (Å²) < 4.78 is 39.7. The van der Waals surface area contributed by atoms with E-state index in [9.17, 15) is 18.0 Å². The van der Waals surface area contributed by atoms with Crippen molar-refractivity contribution in [1.82, 2.24) is 30.0 Å². The fraction of sp³-hybridized carbons (Fsp3) is 0.435. The minimum absolute atomic E-state index is 0.00903. The van der Waals surface area contributed by atoms with E-state index in [1.807, 2.05) is 0 Å². The summed E-state index contributed by atoms with van der Waals surface area (Å²) in [6, 6.07) is 3.43. The highest BCUT2D eigenvalue weighted by molar-refractivity contribution is 5.99. The van der Waals surface area contributed by atoms with Gasteiger partial charge in [0.1, 0.15) is 0 Å². The van der Waals surface area contributed by atoms with Crippen LogP contribution in [0.15, 0.2) is 40.9 Å². The molecule has 1 fully saturated rings. The number of hydrogen-bond donors (Lipinski definition) is 0. The Balaban J connectivity index is 1.41. The molecule has 4 rings (SSSR count). The summed E-state index contributed by atoms with van der Waals surface area (Å²) in [5.74, 6) is 0.249. The second-order valence-electron chi connectivity index (χ2n) is 8.51. The van der Waals surface area contributed by atoms with Crippen molar-refractivity contribution in [3.8, 4) is 0 Å². The summed E-state index contributed by atoms with van der Waals surface area (Å²) in [6.45, 7) is 7.91. The lowest BCUT2D eigenvalue weighted by Gasteiger charge is -2.34. The number of aryl methyl sites for hydroxylation is 1. The molecule has 2 aliphatic rings. The number of halogens is 3. The maximum atomic E-state index is 13.2. The molecule has 11 heteroatoms. The number of nitrogens with zero attached hydrogens (tertiary/aromatic N) is 7. The predicted molar refractivity (Wildman–Crippen MR) is 121 cm³/mol. The van der Waals surface area contributed by atoms with E-state index >= 15 is 0 Å². The Kier molecular flexibility index (Phi) is 6.92. The summed E-state index contributed by atoms with van der Waals surface area (Å²) in [7, 11) is 0. The number of aromatic nitrogens is 4. The van der Waals surface area contributed by atoms with Gasteiger partial charge in [0.05, 0.1) is 18.7 Å². The maximum absolute atomic E-state index is 13.2. The topological polar surface area (TPSA) is 79.5 Å². The minimum Gasteiger partial charge on any atom is -0.337 e. The molecule has 0 radical (unpaired) electrons. The lowest BCUT2D eigenvalue weighted by molar-refractivity contribution is -0.137. The van der Waals surface area contributed by atoms with Crippen LogP contribution in [0, 0.1) is 6.92 Å². The molecule has 0 saturated carbocycles. The first-order valence-electron chi connectivity index (χ1n) is 11.0. The van der Waals surface area contributed by atoms with Crippen molar-refractivity contribution in [3.05, 3.63) is 58.4 Å².